The molecule has 0 bridgehead atoms. The molecule has 0 aliphatic carbocycles. The van der Waals surface area contributed by atoms with Gasteiger partial charge < -0.3 is 14.8 Å². The van der Waals surface area contributed by atoms with Gasteiger partial charge in [0, 0.05) is 35.3 Å². The zero-order valence-electron chi connectivity index (χ0n) is 17.0. The molecule has 0 saturated heterocycles. The molecule has 32 heavy (non-hydrogen) atoms. The molecule has 5 aromatic rings. The van der Waals surface area contributed by atoms with Crippen LogP contribution in [0.15, 0.2) is 55.2 Å². The maximum Gasteiger partial charge on any atom is 0.158 e. The Morgan fingerprint density at radius 2 is 2.03 bits per heavy atom. The van der Waals surface area contributed by atoms with E-state index in [0.29, 0.717) is 12.4 Å². The fraction of sp³-hybridized carbons (Fsp3) is 0.130. The van der Waals surface area contributed by atoms with E-state index in [9.17, 15) is 0 Å². The summed E-state index contributed by atoms with van der Waals surface area (Å²) in [5.41, 5.74) is 4.76. The third-order valence-electron chi connectivity index (χ3n) is 5.45. The first-order valence-electron chi connectivity index (χ1n) is 10.1. The molecule has 3 aromatic heterocycles. The third-order valence-corrected chi connectivity index (χ3v) is 6.25. The number of aromatic nitrogens is 5. The molecule has 1 N–H and O–H groups in total. The van der Waals surface area contributed by atoms with Crippen molar-refractivity contribution in [2.75, 3.05) is 11.9 Å². The largest absolute Gasteiger partial charge is 0.492 e. The molecule has 4 heterocycles. The number of hydrogen-bond donors (Lipinski definition) is 1. The first-order chi connectivity index (χ1) is 15.7. The topological polar surface area (TPSA) is 86.5 Å². The number of aryl methyl sites for hydroxylation is 1. The highest BCUT2D eigenvalue weighted by atomic mass is 127. The summed E-state index contributed by atoms with van der Waals surface area (Å²) in [5, 5.41) is 8.54. The smallest absolute Gasteiger partial charge is 0.158 e. The maximum atomic E-state index is 6.08. The number of pyridine rings is 1. The van der Waals surface area contributed by atoms with Gasteiger partial charge in [-0.15, -0.1) is 0 Å². The van der Waals surface area contributed by atoms with Gasteiger partial charge in [0.2, 0.25) is 0 Å². The van der Waals surface area contributed by atoms with Crippen LogP contribution in [0, 0.1) is 10.5 Å². The summed E-state index contributed by atoms with van der Waals surface area (Å²) < 4.78 is 14.6. The predicted molar refractivity (Wildman–Crippen MR) is 129 cm³/mol. The minimum atomic E-state index is 0.696. The molecule has 0 radical (unpaired) electrons. The molecule has 1 aliphatic heterocycles. The molecule has 158 valence electrons. The molecule has 0 spiro atoms. The summed E-state index contributed by atoms with van der Waals surface area (Å²) in [7, 11) is 0. The second-order valence-corrected chi connectivity index (χ2v) is 8.68. The van der Waals surface area contributed by atoms with Crippen LogP contribution in [0.3, 0.4) is 0 Å². The number of hydrogen-bond acceptors (Lipinski definition) is 7. The van der Waals surface area contributed by atoms with Crippen molar-refractivity contribution in [3.05, 3.63) is 69.9 Å². The van der Waals surface area contributed by atoms with Crippen LogP contribution in [-0.2, 0) is 6.42 Å². The van der Waals surface area contributed by atoms with Crippen molar-refractivity contribution in [1.29, 1.82) is 0 Å². The van der Waals surface area contributed by atoms with Crippen LogP contribution in [0.1, 0.15) is 11.1 Å². The van der Waals surface area contributed by atoms with Crippen molar-refractivity contribution in [2.45, 2.75) is 13.3 Å². The fourth-order valence-corrected chi connectivity index (χ4v) is 4.72. The lowest BCUT2D eigenvalue weighted by molar-refractivity contribution is 0.354. The van der Waals surface area contributed by atoms with Gasteiger partial charge >= 0.3 is 0 Å². The SMILES string of the molecule is Cc1cc(Nc2ncnc3c4c(c(I)cc23)OCC4)ccc1Oc1ccn2ncnc2c1. The standard InChI is InChI=1S/C23H17IN6O2/c1-13-8-14(2-3-19(13)32-15-4-6-30-20(9-15)25-12-28-30)29-23-17-10-18(24)22-16(5-7-31-22)21(17)26-11-27-23/h2-4,6,8-12H,5,7H2,1H3,(H,26,27,29). The Balaban J connectivity index is 1.30. The van der Waals surface area contributed by atoms with Crippen molar-refractivity contribution >= 4 is 50.6 Å². The lowest BCUT2D eigenvalue weighted by Crippen LogP contribution is -1.99. The Morgan fingerprint density at radius 3 is 2.94 bits per heavy atom. The van der Waals surface area contributed by atoms with E-state index in [1.165, 1.54) is 6.33 Å². The van der Waals surface area contributed by atoms with Crippen molar-refractivity contribution in [2.24, 2.45) is 0 Å². The maximum absolute atomic E-state index is 6.08. The monoisotopic (exact) mass is 536 g/mol. The van der Waals surface area contributed by atoms with E-state index >= 15 is 0 Å². The lowest BCUT2D eigenvalue weighted by Gasteiger charge is -2.13. The number of rotatable bonds is 4. The quantitative estimate of drug-likeness (QED) is 0.322. The van der Waals surface area contributed by atoms with Crippen molar-refractivity contribution in [1.82, 2.24) is 24.6 Å². The summed E-state index contributed by atoms with van der Waals surface area (Å²) in [4.78, 5) is 13.2. The van der Waals surface area contributed by atoms with Crippen molar-refractivity contribution < 1.29 is 9.47 Å². The van der Waals surface area contributed by atoms with Gasteiger partial charge in [-0.05, 0) is 65.4 Å². The van der Waals surface area contributed by atoms with E-state index in [4.69, 9.17) is 9.47 Å². The first-order valence-corrected chi connectivity index (χ1v) is 11.2. The lowest BCUT2D eigenvalue weighted by atomic mass is 10.1. The fourth-order valence-electron chi connectivity index (χ4n) is 3.92. The van der Waals surface area contributed by atoms with Gasteiger partial charge in [0.1, 0.15) is 35.7 Å². The number of ether oxygens (including phenoxy) is 2. The van der Waals surface area contributed by atoms with E-state index in [0.717, 1.165) is 60.7 Å². The van der Waals surface area contributed by atoms with Gasteiger partial charge in [-0.25, -0.2) is 19.5 Å². The Kier molecular flexibility index (Phi) is 4.56. The van der Waals surface area contributed by atoms with Crippen LogP contribution in [0.4, 0.5) is 11.5 Å². The molecule has 0 fully saturated rings. The van der Waals surface area contributed by atoms with E-state index in [1.807, 2.05) is 43.5 Å². The van der Waals surface area contributed by atoms with Crippen LogP contribution >= 0.6 is 22.6 Å². The molecule has 2 aromatic carbocycles. The zero-order chi connectivity index (χ0) is 21.7. The zero-order valence-corrected chi connectivity index (χ0v) is 19.2. The van der Waals surface area contributed by atoms with Crippen molar-refractivity contribution in [3.8, 4) is 17.2 Å². The minimum Gasteiger partial charge on any atom is -0.492 e. The number of benzene rings is 2. The molecular formula is C23H17IN6O2. The number of anilines is 2. The Bertz CT molecular complexity index is 1500. The average Bonchev–Trinajstić information content (AvgIpc) is 3.46. The van der Waals surface area contributed by atoms with Crippen LogP contribution in [0.5, 0.6) is 17.2 Å². The van der Waals surface area contributed by atoms with E-state index < -0.39 is 0 Å². The van der Waals surface area contributed by atoms with E-state index in [-0.39, 0.29) is 0 Å². The minimum absolute atomic E-state index is 0.696. The predicted octanol–water partition coefficient (Wildman–Crippen LogP) is 5.06. The summed E-state index contributed by atoms with van der Waals surface area (Å²) in [6, 6.07) is 11.8. The number of halogens is 1. The average molecular weight is 536 g/mol. The molecule has 0 amide bonds. The molecule has 1 aliphatic rings. The summed E-state index contributed by atoms with van der Waals surface area (Å²) >= 11 is 2.31. The van der Waals surface area contributed by atoms with Gasteiger partial charge in [0.25, 0.3) is 0 Å². The van der Waals surface area contributed by atoms with E-state index in [1.54, 1.807) is 10.8 Å². The van der Waals surface area contributed by atoms with Gasteiger partial charge in [0.05, 0.1) is 15.7 Å². The molecule has 8 nitrogen and oxygen atoms in total. The molecule has 0 saturated carbocycles. The van der Waals surface area contributed by atoms with Crippen LogP contribution < -0.4 is 14.8 Å². The Hall–Kier alpha value is -3.47. The second kappa shape index (κ2) is 7.59. The molecular weight excluding hydrogens is 519 g/mol. The van der Waals surface area contributed by atoms with Gasteiger partial charge in [0.15, 0.2) is 5.65 Å². The van der Waals surface area contributed by atoms with Crippen LogP contribution in [0.2, 0.25) is 0 Å². The van der Waals surface area contributed by atoms with Gasteiger partial charge in [-0.1, -0.05) is 0 Å². The van der Waals surface area contributed by atoms with Gasteiger partial charge in [-0.2, -0.15) is 5.10 Å². The van der Waals surface area contributed by atoms with Crippen LogP contribution in [-0.4, -0.2) is 31.2 Å². The van der Waals surface area contributed by atoms with Crippen molar-refractivity contribution in [3.63, 3.8) is 0 Å². The summed E-state index contributed by atoms with van der Waals surface area (Å²) in [6.45, 7) is 2.71. The Labute approximate surface area is 196 Å². The second-order valence-electron chi connectivity index (χ2n) is 7.52. The van der Waals surface area contributed by atoms with Crippen LogP contribution in [0.25, 0.3) is 16.6 Å². The normalized spacial score (nSPS) is 12.7. The first kappa shape index (κ1) is 19.2. The molecule has 9 heteroatoms. The molecule has 0 atom stereocenters. The molecule has 6 rings (SSSR count). The number of nitrogens with one attached hydrogen (secondary N) is 1. The highest BCUT2D eigenvalue weighted by Crippen LogP contribution is 2.38. The molecule has 0 unspecified atom stereocenters. The Morgan fingerprint density at radius 1 is 1.09 bits per heavy atom. The van der Waals surface area contributed by atoms with E-state index in [2.05, 4.69) is 54.0 Å². The number of fused-ring (bicyclic) bond motifs is 4. The third kappa shape index (κ3) is 3.29. The highest BCUT2D eigenvalue weighted by molar-refractivity contribution is 14.1. The van der Waals surface area contributed by atoms with Gasteiger partial charge in [-0.3, -0.25) is 0 Å². The highest BCUT2D eigenvalue weighted by Gasteiger charge is 2.21. The summed E-state index contributed by atoms with van der Waals surface area (Å²) in [6.07, 6.45) is 5.81. The summed E-state index contributed by atoms with van der Waals surface area (Å²) in [5.74, 6) is 3.20. The number of nitrogens with zero attached hydrogens (tertiary/aromatic N) is 5.